The van der Waals surface area contributed by atoms with E-state index in [2.05, 4.69) is 35.7 Å². The van der Waals surface area contributed by atoms with E-state index in [-0.39, 0.29) is 12.4 Å². The van der Waals surface area contributed by atoms with Crippen molar-refractivity contribution in [2.45, 2.75) is 0 Å². The van der Waals surface area contributed by atoms with Crippen molar-refractivity contribution in [3.05, 3.63) is 35.7 Å². The lowest BCUT2D eigenvalue weighted by molar-refractivity contribution is -0.00000164. The molecule has 1 aromatic carbocycles. The van der Waals surface area contributed by atoms with Crippen LogP contribution in [0.4, 0.5) is 0 Å². The van der Waals surface area contributed by atoms with Gasteiger partial charge in [-0.3, -0.25) is 0 Å². The van der Waals surface area contributed by atoms with E-state index < -0.39 is 0 Å². The number of hydrogen-bond acceptors (Lipinski definition) is 1. The minimum absolute atomic E-state index is 0. The Morgan fingerprint density at radius 1 is 1.00 bits per heavy atom. The Labute approximate surface area is 69.9 Å². The Morgan fingerprint density at radius 2 is 1.80 bits per heavy atom. The maximum atomic E-state index is 2.14. The lowest BCUT2D eigenvalue weighted by Crippen LogP contribution is -3.00. The second-order valence-electron chi connectivity index (χ2n) is 1.96. The van der Waals surface area contributed by atoms with Crippen LogP contribution in [0.15, 0.2) is 35.7 Å². The van der Waals surface area contributed by atoms with Crippen LogP contribution in [0.1, 0.15) is 0 Å². The molecule has 0 spiro atoms. The molecule has 1 heterocycles. The third-order valence-electron chi connectivity index (χ3n) is 1.36. The lowest BCUT2D eigenvalue weighted by Gasteiger charge is -1.82. The van der Waals surface area contributed by atoms with E-state index in [1.807, 2.05) is 0 Å². The molecule has 10 heavy (non-hydrogen) atoms. The van der Waals surface area contributed by atoms with Gasteiger partial charge in [-0.1, -0.05) is 18.2 Å². The van der Waals surface area contributed by atoms with Crippen LogP contribution in [0, 0.1) is 0 Å². The van der Waals surface area contributed by atoms with Crippen molar-refractivity contribution < 1.29 is 12.4 Å². The van der Waals surface area contributed by atoms with E-state index in [1.54, 1.807) is 11.3 Å². The lowest BCUT2D eigenvalue weighted by atomic mass is 10.3. The normalized spacial score (nSPS) is 9.20. The third-order valence-corrected chi connectivity index (χ3v) is 2.26. The summed E-state index contributed by atoms with van der Waals surface area (Å²) in [5, 5.41) is 3.47. The highest BCUT2D eigenvalue weighted by Gasteiger charge is 1.87. The van der Waals surface area contributed by atoms with Gasteiger partial charge in [-0.15, -0.1) is 11.3 Å². The van der Waals surface area contributed by atoms with E-state index >= 15 is 0 Å². The van der Waals surface area contributed by atoms with Gasteiger partial charge in [0.1, 0.15) is 0 Å². The molecule has 0 saturated heterocycles. The molecule has 0 aliphatic heterocycles. The Morgan fingerprint density at radius 3 is 2.60 bits per heavy atom. The highest BCUT2D eigenvalue weighted by Crippen LogP contribution is 2.18. The van der Waals surface area contributed by atoms with Gasteiger partial charge in [0.05, 0.1) is 0 Å². The summed E-state index contributed by atoms with van der Waals surface area (Å²) in [6.45, 7) is 0. The highest BCUT2D eigenvalue weighted by atomic mass is 35.5. The second kappa shape index (κ2) is 3.04. The molecular weight excluding hydrogens is 164 g/mol. The quantitative estimate of drug-likeness (QED) is 0.517. The highest BCUT2D eigenvalue weighted by molar-refractivity contribution is 7.17. The Hall–Kier alpha value is -0.530. The van der Waals surface area contributed by atoms with E-state index in [0.29, 0.717) is 0 Å². The molecule has 0 aliphatic rings. The molecule has 0 N–H and O–H groups in total. The standard InChI is InChI=1S/C8H6S.ClH/c1-2-4-8-7(3-1)5-6-9-8;/h1-6H;1H/p-1. The first-order chi connectivity index (χ1) is 4.47. The number of rotatable bonds is 0. The van der Waals surface area contributed by atoms with Crippen LogP contribution >= 0.6 is 11.3 Å². The molecule has 0 bridgehead atoms. The Balaban J connectivity index is 0.000000500. The number of halogens is 1. The van der Waals surface area contributed by atoms with Gasteiger partial charge in [0.25, 0.3) is 0 Å². The average Bonchev–Trinajstić information content (AvgIpc) is 2.33. The first kappa shape index (κ1) is 7.58. The molecule has 0 radical (unpaired) electrons. The van der Waals surface area contributed by atoms with E-state index in [0.717, 1.165) is 0 Å². The summed E-state index contributed by atoms with van der Waals surface area (Å²) in [5.74, 6) is 0. The van der Waals surface area contributed by atoms with E-state index in [9.17, 15) is 0 Å². The number of benzene rings is 1. The Kier molecular flexibility index (Phi) is 2.30. The van der Waals surface area contributed by atoms with Gasteiger partial charge >= 0.3 is 0 Å². The van der Waals surface area contributed by atoms with E-state index in [1.165, 1.54) is 10.1 Å². The molecule has 0 saturated carbocycles. The van der Waals surface area contributed by atoms with Crippen LogP contribution in [0.5, 0.6) is 0 Å². The molecule has 0 atom stereocenters. The largest absolute Gasteiger partial charge is 1.00 e. The Bertz CT molecular complexity index is 283. The number of thiophene rings is 1. The predicted molar refractivity (Wildman–Crippen MR) is 41.8 cm³/mol. The van der Waals surface area contributed by atoms with Crippen LogP contribution in [0.3, 0.4) is 0 Å². The fraction of sp³-hybridized carbons (Fsp3) is 0. The molecule has 1 aromatic heterocycles. The van der Waals surface area contributed by atoms with Crippen LogP contribution in [0.2, 0.25) is 0 Å². The van der Waals surface area contributed by atoms with Crippen molar-refractivity contribution >= 4 is 21.4 Å². The molecule has 0 nitrogen and oxygen atoms in total. The minimum Gasteiger partial charge on any atom is -1.00 e. The van der Waals surface area contributed by atoms with Gasteiger partial charge in [-0.2, -0.15) is 0 Å². The van der Waals surface area contributed by atoms with Crippen LogP contribution in [0.25, 0.3) is 10.1 Å². The van der Waals surface area contributed by atoms with Crippen molar-refractivity contribution in [2.75, 3.05) is 0 Å². The third kappa shape index (κ3) is 1.15. The molecule has 2 heteroatoms. The summed E-state index contributed by atoms with van der Waals surface area (Å²) in [5.41, 5.74) is 0. The smallest absolute Gasteiger partial charge is 0.0342 e. The summed E-state index contributed by atoms with van der Waals surface area (Å²) < 4.78 is 1.37. The summed E-state index contributed by atoms with van der Waals surface area (Å²) in [4.78, 5) is 0. The van der Waals surface area contributed by atoms with Gasteiger partial charge in [0, 0.05) is 4.70 Å². The zero-order chi connectivity index (χ0) is 6.10. The van der Waals surface area contributed by atoms with Crippen LogP contribution < -0.4 is 12.4 Å². The van der Waals surface area contributed by atoms with Crippen molar-refractivity contribution in [3.8, 4) is 0 Å². The van der Waals surface area contributed by atoms with Gasteiger partial charge < -0.3 is 12.4 Å². The van der Waals surface area contributed by atoms with Crippen molar-refractivity contribution in [2.24, 2.45) is 0 Å². The molecule has 0 unspecified atom stereocenters. The fourth-order valence-electron chi connectivity index (χ4n) is 0.906. The SMILES string of the molecule is [Cl-].c1ccc2sccc2c1. The summed E-state index contributed by atoms with van der Waals surface area (Å²) in [7, 11) is 0. The number of hydrogen-bond donors (Lipinski definition) is 0. The van der Waals surface area contributed by atoms with Gasteiger partial charge in [-0.05, 0) is 22.9 Å². The van der Waals surface area contributed by atoms with Crippen LogP contribution in [-0.2, 0) is 0 Å². The zero-order valence-corrected chi connectivity index (χ0v) is 6.82. The van der Waals surface area contributed by atoms with Gasteiger partial charge in [-0.25, -0.2) is 0 Å². The molecule has 0 fully saturated rings. The summed E-state index contributed by atoms with van der Waals surface area (Å²) in [6, 6.07) is 10.5. The monoisotopic (exact) mass is 169 g/mol. The molecule has 0 amide bonds. The van der Waals surface area contributed by atoms with Crippen LogP contribution in [-0.4, -0.2) is 0 Å². The van der Waals surface area contributed by atoms with E-state index in [4.69, 9.17) is 0 Å². The maximum Gasteiger partial charge on any atom is 0.0342 e. The van der Waals surface area contributed by atoms with Gasteiger partial charge in [0.15, 0.2) is 0 Å². The van der Waals surface area contributed by atoms with Crippen molar-refractivity contribution in [3.63, 3.8) is 0 Å². The second-order valence-corrected chi connectivity index (χ2v) is 2.91. The zero-order valence-electron chi connectivity index (χ0n) is 5.25. The first-order valence-corrected chi connectivity index (χ1v) is 3.77. The summed E-state index contributed by atoms with van der Waals surface area (Å²) in [6.07, 6.45) is 0. The average molecular weight is 170 g/mol. The summed E-state index contributed by atoms with van der Waals surface area (Å²) >= 11 is 1.79. The first-order valence-electron chi connectivity index (χ1n) is 2.89. The molecular formula is C8H6ClS-. The fourth-order valence-corrected chi connectivity index (χ4v) is 1.70. The molecule has 2 rings (SSSR count). The topological polar surface area (TPSA) is 0 Å². The molecule has 0 aliphatic carbocycles. The predicted octanol–water partition coefficient (Wildman–Crippen LogP) is -0.0947. The van der Waals surface area contributed by atoms with Gasteiger partial charge in [0.2, 0.25) is 0 Å². The molecule has 2 aromatic rings. The maximum absolute atomic E-state index is 2.14. The number of fused-ring (bicyclic) bond motifs is 1. The molecule has 52 valence electrons. The minimum atomic E-state index is 0. The van der Waals surface area contributed by atoms with Crippen molar-refractivity contribution in [1.29, 1.82) is 0 Å². The van der Waals surface area contributed by atoms with Crippen molar-refractivity contribution in [1.82, 2.24) is 0 Å².